The maximum Gasteiger partial charge on any atom is 0.318 e. The highest BCUT2D eigenvalue weighted by molar-refractivity contribution is 5.76. The fourth-order valence-electron chi connectivity index (χ4n) is 1.32. The average Bonchev–Trinajstić information content (AvgIpc) is 2.86. The van der Waals surface area contributed by atoms with E-state index in [1.165, 1.54) is 0 Å². The van der Waals surface area contributed by atoms with Crippen LogP contribution in [0.2, 0.25) is 0 Å². The summed E-state index contributed by atoms with van der Waals surface area (Å²) in [7, 11) is 1.62. The molecule has 0 saturated carbocycles. The Hall–Kier alpha value is -1.47. The number of aromatic nitrogens is 2. The van der Waals surface area contributed by atoms with Crippen LogP contribution in [0.15, 0.2) is 4.52 Å². The summed E-state index contributed by atoms with van der Waals surface area (Å²) < 4.78 is 20.1. The Morgan fingerprint density at radius 2 is 2.16 bits per heavy atom. The van der Waals surface area contributed by atoms with Gasteiger partial charge in [-0.15, -0.1) is 0 Å². The molecule has 0 bridgehead atoms. The van der Waals surface area contributed by atoms with Gasteiger partial charge < -0.3 is 18.7 Å². The highest BCUT2D eigenvalue weighted by Crippen LogP contribution is 2.14. The molecular weight excluding hydrogens is 252 g/mol. The minimum Gasteiger partial charge on any atom is -0.465 e. The predicted octanol–water partition coefficient (Wildman–Crippen LogP) is 0.942. The Kier molecular flexibility index (Phi) is 7.06. The van der Waals surface area contributed by atoms with Gasteiger partial charge in [-0.25, -0.2) is 0 Å². The summed E-state index contributed by atoms with van der Waals surface area (Å²) in [5.41, 5.74) is 0. The van der Waals surface area contributed by atoms with Crippen molar-refractivity contribution in [2.75, 3.05) is 33.5 Å². The van der Waals surface area contributed by atoms with E-state index < -0.39 is 5.92 Å². The van der Waals surface area contributed by atoms with Crippen LogP contribution < -0.4 is 0 Å². The van der Waals surface area contributed by atoms with Crippen LogP contribution in [-0.4, -0.2) is 49.6 Å². The van der Waals surface area contributed by atoms with Crippen molar-refractivity contribution < 1.29 is 23.5 Å². The Morgan fingerprint density at radius 1 is 1.37 bits per heavy atom. The summed E-state index contributed by atoms with van der Waals surface area (Å²) in [4.78, 5) is 15.6. The fourth-order valence-corrected chi connectivity index (χ4v) is 1.32. The van der Waals surface area contributed by atoms with Crippen molar-refractivity contribution in [1.82, 2.24) is 10.1 Å². The monoisotopic (exact) mass is 272 g/mol. The van der Waals surface area contributed by atoms with Crippen LogP contribution in [0.3, 0.4) is 0 Å². The van der Waals surface area contributed by atoms with Gasteiger partial charge in [0.1, 0.15) is 5.92 Å². The molecule has 0 fully saturated rings. The molecule has 1 heterocycles. The van der Waals surface area contributed by atoms with Gasteiger partial charge >= 0.3 is 5.97 Å². The summed E-state index contributed by atoms with van der Waals surface area (Å²) >= 11 is 0. The van der Waals surface area contributed by atoms with E-state index in [4.69, 9.17) is 18.7 Å². The zero-order valence-corrected chi connectivity index (χ0v) is 11.5. The van der Waals surface area contributed by atoms with Gasteiger partial charge in [0.25, 0.3) is 0 Å². The molecular formula is C12H20N2O5. The number of ether oxygens (including phenoxy) is 3. The third kappa shape index (κ3) is 5.35. The van der Waals surface area contributed by atoms with Crippen molar-refractivity contribution in [1.29, 1.82) is 0 Å². The van der Waals surface area contributed by atoms with E-state index in [0.29, 0.717) is 38.7 Å². The van der Waals surface area contributed by atoms with Gasteiger partial charge in [-0.3, -0.25) is 4.79 Å². The van der Waals surface area contributed by atoms with Gasteiger partial charge in [0.05, 0.1) is 26.4 Å². The normalized spacial score (nSPS) is 12.4. The number of methoxy groups -OCH3 is 1. The van der Waals surface area contributed by atoms with Crippen LogP contribution in [0, 0.1) is 0 Å². The molecule has 1 aromatic rings. The molecule has 0 spiro atoms. The number of hydrogen-bond acceptors (Lipinski definition) is 7. The molecule has 1 aromatic heterocycles. The van der Waals surface area contributed by atoms with Crippen LogP contribution in [0.4, 0.5) is 0 Å². The molecule has 108 valence electrons. The zero-order chi connectivity index (χ0) is 14.1. The van der Waals surface area contributed by atoms with Crippen LogP contribution in [0.25, 0.3) is 0 Å². The molecule has 0 saturated heterocycles. The Balaban J connectivity index is 2.37. The molecule has 0 amide bonds. The van der Waals surface area contributed by atoms with Crippen molar-refractivity contribution in [3.8, 4) is 0 Å². The van der Waals surface area contributed by atoms with Crippen LogP contribution >= 0.6 is 0 Å². The van der Waals surface area contributed by atoms with Crippen molar-refractivity contribution >= 4 is 5.97 Å². The summed E-state index contributed by atoms with van der Waals surface area (Å²) in [6.07, 6.45) is 0.531. The molecule has 1 rings (SSSR count). The van der Waals surface area contributed by atoms with E-state index in [9.17, 15) is 4.79 Å². The third-order valence-corrected chi connectivity index (χ3v) is 2.40. The number of carbonyl (C=O) groups is 1. The molecule has 7 heteroatoms. The van der Waals surface area contributed by atoms with Gasteiger partial charge in [0, 0.05) is 13.5 Å². The minimum absolute atomic E-state index is 0.269. The standard InChI is InChI=1S/C12H20N2O5/c1-4-18-12(15)9(2)11-13-10(14-19-11)5-6-17-8-7-16-3/h9H,4-8H2,1-3H3. The highest BCUT2D eigenvalue weighted by Gasteiger charge is 2.22. The van der Waals surface area contributed by atoms with E-state index in [-0.39, 0.29) is 11.9 Å². The molecule has 1 unspecified atom stereocenters. The van der Waals surface area contributed by atoms with Gasteiger partial charge in [-0.1, -0.05) is 5.16 Å². The molecule has 19 heavy (non-hydrogen) atoms. The molecule has 0 aromatic carbocycles. The Morgan fingerprint density at radius 3 is 2.84 bits per heavy atom. The second-order valence-corrected chi connectivity index (χ2v) is 3.88. The minimum atomic E-state index is -0.546. The Bertz CT molecular complexity index is 380. The van der Waals surface area contributed by atoms with Gasteiger partial charge in [-0.2, -0.15) is 4.98 Å². The maximum absolute atomic E-state index is 11.5. The van der Waals surface area contributed by atoms with Crippen molar-refractivity contribution in [2.24, 2.45) is 0 Å². The first-order chi connectivity index (χ1) is 9.19. The number of hydrogen-bond donors (Lipinski definition) is 0. The van der Waals surface area contributed by atoms with E-state index in [2.05, 4.69) is 10.1 Å². The first kappa shape index (κ1) is 15.6. The molecule has 0 aliphatic heterocycles. The van der Waals surface area contributed by atoms with Crippen LogP contribution in [-0.2, 0) is 25.4 Å². The van der Waals surface area contributed by atoms with Gasteiger partial charge in [0.2, 0.25) is 5.89 Å². The number of nitrogens with zero attached hydrogens (tertiary/aromatic N) is 2. The number of rotatable bonds is 9. The summed E-state index contributed by atoms with van der Waals surface area (Å²) in [6.45, 7) is 5.32. The molecule has 0 radical (unpaired) electrons. The second kappa shape index (κ2) is 8.60. The molecule has 7 nitrogen and oxygen atoms in total. The SMILES string of the molecule is CCOC(=O)C(C)c1nc(CCOCCOC)no1. The topological polar surface area (TPSA) is 83.7 Å². The third-order valence-electron chi connectivity index (χ3n) is 2.40. The van der Waals surface area contributed by atoms with Crippen molar-refractivity contribution in [2.45, 2.75) is 26.2 Å². The summed E-state index contributed by atoms with van der Waals surface area (Å²) in [6, 6.07) is 0. The highest BCUT2D eigenvalue weighted by atomic mass is 16.5. The van der Waals surface area contributed by atoms with Crippen LogP contribution in [0.1, 0.15) is 31.5 Å². The van der Waals surface area contributed by atoms with E-state index in [1.54, 1.807) is 21.0 Å². The predicted molar refractivity (Wildman–Crippen MR) is 65.7 cm³/mol. The smallest absolute Gasteiger partial charge is 0.318 e. The van der Waals surface area contributed by atoms with E-state index in [0.717, 1.165) is 0 Å². The quantitative estimate of drug-likeness (QED) is 0.488. The van der Waals surface area contributed by atoms with E-state index in [1.807, 2.05) is 0 Å². The van der Waals surface area contributed by atoms with Crippen molar-refractivity contribution in [3.05, 3.63) is 11.7 Å². The zero-order valence-electron chi connectivity index (χ0n) is 11.5. The number of carbonyl (C=O) groups excluding carboxylic acids is 1. The van der Waals surface area contributed by atoms with Gasteiger partial charge in [0.15, 0.2) is 5.82 Å². The summed E-state index contributed by atoms with van der Waals surface area (Å²) in [5.74, 6) is -0.126. The Labute approximate surface area is 112 Å². The van der Waals surface area contributed by atoms with Crippen LogP contribution in [0.5, 0.6) is 0 Å². The molecule has 0 aliphatic carbocycles. The lowest BCUT2D eigenvalue weighted by Crippen LogP contribution is -2.13. The molecule has 0 N–H and O–H groups in total. The molecule has 0 aliphatic rings. The first-order valence-electron chi connectivity index (χ1n) is 6.24. The fraction of sp³-hybridized carbons (Fsp3) is 0.750. The lowest BCUT2D eigenvalue weighted by Gasteiger charge is -2.04. The maximum atomic E-state index is 11.5. The van der Waals surface area contributed by atoms with Gasteiger partial charge in [-0.05, 0) is 13.8 Å². The van der Waals surface area contributed by atoms with E-state index >= 15 is 0 Å². The second-order valence-electron chi connectivity index (χ2n) is 3.88. The summed E-state index contributed by atoms with van der Waals surface area (Å²) in [5, 5.41) is 3.79. The molecule has 1 atom stereocenters. The largest absolute Gasteiger partial charge is 0.465 e. The lowest BCUT2D eigenvalue weighted by molar-refractivity contribution is -0.145. The lowest BCUT2D eigenvalue weighted by atomic mass is 10.2. The van der Waals surface area contributed by atoms with Crippen molar-refractivity contribution in [3.63, 3.8) is 0 Å². The number of esters is 1. The average molecular weight is 272 g/mol. The first-order valence-corrected chi connectivity index (χ1v) is 6.24.